The summed E-state index contributed by atoms with van der Waals surface area (Å²) in [4.78, 5) is 1.14. The first-order valence-electron chi connectivity index (χ1n) is 5.99. The van der Waals surface area contributed by atoms with Gasteiger partial charge in [0.15, 0.2) is 11.5 Å². The Hall–Kier alpha value is -1.68. The van der Waals surface area contributed by atoms with Crippen LogP contribution in [-0.4, -0.2) is 13.2 Å². The van der Waals surface area contributed by atoms with Crippen LogP contribution in [-0.2, 0) is 0 Å². The third-order valence-electron chi connectivity index (χ3n) is 2.50. The van der Waals surface area contributed by atoms with E-state index in [4.69, 9.17) is 15.2 Å². The normalized spacial score (nSPS) is 10.3. The minimum atomic E-state index is 0.595. The maximum absolute atomic E-state index is 6.08. The van der Waals surface area contributed by atoms with Crippen molar-refractivity contribution in [1.29, 1.82) is 0 Å². The van der Waals surface area contributed by atoms with Gasteiger partial charge in [0, 0.05) is 22.2 Å². The highest BCUT2D eigenvalue weighted by atomic mass is 32.1. The summed E-state index contributed by atoms with van der Waals surface area (Å²) in [5, 5.41) is 2.03. The molecule has 96 valence electrons. The van der Waals surface area contributed by atoms with Crippen LogP contribution < -0.4 is 15.2 Å². The number of anilines is 1. The zero-order chi connectivity index (χ0) is 13.0. The minimum absolute atomic E-state index is 0.595. The number of hydrogen-bond acceptors (Lipinski definition) is 4. The first-order chi connectivity index (χ1) is 8.76. The van der Waals surface area contributed by atoms with E-state index in [9.17, 15) is 0 Å². The Kier molecular flexibility index (Phi) is 4.10. The van der Waals surface area contributed by atoms with Crippen LogP contribution in [0.15, 0.2) is 29.6 Å². The van der Waals surface area contributed by atoms with Crippen molar-refractivity contribution in [3.05, 3.63) is 29.6 Å². The van der Waals surface area contributed by atoms with Gasteiger partial charge in [0.2, 0.25) is 0 Å². The Bertz CT molecular complexity index is 509. The number of nitrogens with two attached hydrogens (primary N) is 1. The van der Waals surface area contributed by atoms with E-state index in [1.807, 2.05) is 43.5 Å². The molecule has 0 aliphatic heterocycles. The molecule has 0 aliphatic rings. The summed E-state index contributed by atoms with van der Waals surface area (Å²) in [6, 6.07) is 7.85. The highest BCUT2D eigenvalue weighted by molar-refractivity contribution is 7.13. The van der Waals surface area contributed by atoms with Crippen LogP contribution in [0.2, 0.25) is 0 Å². The van der Waals surface area contributed by atoms with Gasteiger partial charge in [-0.25, -0.2) is 0 Å². The molecule has 2 rings (SSSR count). The predicted molar refractivity (Wildman–Crippen MR) is 76.5 cm³/mol. The van der Waals surface area contributed by atoms with Gasteiger partial charge < -0.3 is 15.2 Å². The Labute approximate surface area is 111 Å². The molecular formula is C14H17NO2S. The van der Waals surface area contributed by atoms with Crippen molar-refractivity contribution >= 4 is 17.0 Å². The quantitative estimate of drug-likeness (QED) is 0.835. The van der Waals surface area contributed by atoms with E-state index in [0.717, 1.165) is 16.2 Å². The zero-order valence-electron chi connectivity index (χ0n) is 10.6. The first kappa shape index (κ1) is 12.8. The molecule has 1 heterocycles. The Morgan fingerprint density at radius 3 is 2.33 bits per heavy atom. The van der Waals surface area contributed by atoms with Gasteiger partial charge in [0.25, 0.3) is 0 Å². The maximum atomic E-state index is 6.08. The van der Waals surface area contributed by atoms with Crippen LogP contribution in [0.1, 0.15) is 13.8 Å². The Morgan fingerprint density at radius 1 is 1.11 bits per heavy atom. The summed E-state index contributed by atoms with van der Waals surface area (Å²) < 4.78 is 11.1. The molecular weight excluding hydrogens is 246 g/mol. The predicted octanol–water partition coefficient (Wildman–Crippen LogP) is 3.79. The van der Waals surface area contributed by atoms with Crippen LogP contribution in [0, 0.1) is 0 Å². The largest absolute Gasteiger partial charge is 0.490 e. The molecule has 0 unspecified atom stereocenters. The number of benzene rings is 1. The van der Waals surface area contributed by atoms with Gasteiger partial charge in [-0.2, -0.15) is 0 Å². The molecule has 0 spiro atoms. The molecule has 0 saturated carbocycles. The highest BCUT2D eigenvalue weighted by Gasteiger charge is 2.12. The minimum Gasteiger partial charge on any atom is -0.490 e. The second-order valence-electron chi connectivity index (χ2n) is 3.73. The van der Waals surface area contributed by atoms with E-state index in [2.05, 4.69) is 0 Å². The molecule has 0 saturated heterocycles. The van der Waals surface area contributed by atoms with Crippen molar-refractivity contribution in [3.63, 3.8) is 0 Å². The van der Waals surface area contributed by atoms with E-state index < -0.39 is 0 Å². The Balaban J connectivity index is 2.46. The van der Waals surface area contributed by atoms with Gasteiger partial charge in [0.1, 0.15) is 0 Å². The number of ether oxygens (including phenoxy) is 2. The molecule has 0 aliphatic carbocycles. The second kappa shape index (κ2) is 5.78. The summed E-state index contributed by atoms with van der Waals surface area (Å²) in [6.45, 7) is 5.10. The molecule has 0 radical (unpaired) electrons. The van der Waals surface area contributed by atoms with Crippen molar-refractivity contribution in [2.24, 2.45) is 0 Å². The lowest BCUT2D eigenvalue weighted by Crippen LogP contribution is -2.00. The van der Waals surface area contributed by atoms with E-state index in [1.54, 1.807) is 11.3 Å². The molecule has 3 nitrogen and oxygen atoms in total. The van der Waals surface area contributed by atoms with Crippen LogP contribution in [0.3, 0.4) is 0 Å². The average Bonchev–Trinajstić information content (AvgIpc) is 2.86. The van der Waals surface area contributed by atoms with Gasteiger partial charge >= 0.3 is 0 Å². The summed E-state index contributed by atoms with van der Waals surface area (Å²) in [5.74, 6) is 1.45. The molecule has 2 aromatic rings. The van der Waals surface area contributed by atoms with Crippen molar-refractivity contribution in [1.82, 2.24) is 0 Å². The van der Waals surface area contributed by atoms with Gasteiger partial charge in [0.05, 0.1) is 13.2 Å². The second-order valence-corrected chi connectivity index (χ2v) is 4.68. The molecule has 1 aromatic heterocycles. The number of hydrogen-bond donors (Lipinski definition) is 1. The number of thiophene rings is 1. The standard InChI is InChI=1S/C14H17NO2S/c1-3-16-12-8-10(14-6-5-7-18-14)11(15)9-13(12)17-4-2/h5-9H,3-4,15H2,1-2H3. The molecule has 0 atom stereocenters. The fourth-order valence-corrected chi connectivity index (χ4v) is 2.52. The van der Waals surface area contributed by atoms with Crippen LogP contribution >= 0.6 is 11.3 Å². The van der Waals surface area contributed by atoms with Crippen molar-refractivity contribution in [3.8, 4) is 21.9 Å². The van der Waals surface area contributed by atoms with E-state index in [0.29, 0.717) is 24.7 Å². The van der Waals surface area contributed by atoms with Crippen LogP contribution in [0.25, 0.3) is 10.4 Å². The summed E-state index contributed by atoms with van der Waals surface area (Å²) >= 11 is 1.66. The third-order valence-corrected chi connectivity index (χ3v) is 3.41. The topological polar surface area (TPSA) is 44.5 Å². The molecule has 0 fully saturated rings. The third kappa shape index (κ3) is 2.59. The van der Waals surface area contributed by atoms with Crippen LogP contribution in [0.5, 0.6) is 11.5 Å². The monoisotopic (exact) mass is 263 g/mol. The lowest BCUT2D eigenvalue weighted by Gasteiger charge is -2.14. The van der Waals surface area contributed by atoms with Crippen molar-refractivity contribution in [2.75, 3.05) is 18.9 Å². The molecule has 2 N–H and O–H groups in total. The smallest absolute Gasteiger partial charge is 0.163 e. The molecule has 4 heteroatoms. The fraction of sp³-hybridized carbons (Fsp3) is 0.286. The SMILES string of the molecule is CCOc1cc(N)c(-c2cccs2)cc1OCC. The van der Waals surface area contributed by atoms with Gasteiger partial charge in [-0.15, -0.1) is 11.3 Å². The fourth-order valence-electron chi connectivity index (χ4n) is 1.76. The lowest BCUT2D eigenvalue weighted by molar-refractivity contribution is 0.288. The van der Waals surface area contributed by atoms with E-state index in [1.165, 1.54) is 0 Å². The number of rotatable bonds is 5. The van der Waals surface area contributed by atoms with E-state index in [-0.39, 0.29) is 0 Å². The lowest BCUT2D eigenvalue weighted by atomic mass is 10.1. The number of nitrogen functional groups attached to an aromatic ring is 1. The summed E-state index contributed by atoms with van der Waals surface area (Å²) in [7, 11) is 0. The average molecular weight is 263 g/mol. The molecule has 0 amide bonds. The van der Waals surface area contributed by atoms with Crippen molar-refractivity contribution in [2.45, 2.75) is 13.8 Å². The molecule has 18 heavy (non-hydrogen) atoms. The molecule has 1 aromatic carbocycles. The van der Waals surface area contributed by atoms with Crippen LogP contribution in [0.4, 0.5) is 5.69 Å². The maximum Gasteiger partial charge on any atom is 0.163 e. The summed E-state index contributed by atoms with van der Waals surface area (Å²) in [6.07, 6.45) is 0. The van der Waals surface area contributed by atoms with Gasteiger partial charge in [-0.1, -0.05) is 6.07 Å². The van der Waals surface area contributed by atoms with Gasteiger partial charge in [-0.05, 0) is 31.4 Å². The zero-order valence-corrected chi connectivity index (χ0v) is 11.4. The van der Waals surface area contributed by atoms with Gasteiger partial charge in [-0.3, -0.25) is 0 Å². The van der Waals surface area contributed by atoms with E-state index >= 15 is 0 Å². The first-order valence-corrected chi connectivity index (χ1v) is 6.87. The molecule has 0 bridgehead atoms. The highest BCUT2D eigenvalue weighted by Crippen LogP contribution is 2.39. The van der Waals surface area contributed by atoms with Crippen molar-refractivity contribution < 1.29 is 9.47 Å². The summed E-state index contributed by atoms with van der Waals surface area (Å²) in [5.41, 5.74) is 7.79. The Morgan fingerprint density at radius 2 is 1.78 bits per heavy atom.